The van der Waals surface area contributed by atoms with Crippen molar-refractivity contribution in [2.45, 2.75) is 31.4 Å². The predicted octanol–water partition coefficient (Wildman–Crippen LogP) is 1.59. The summed E-state index contributed by atoms with van der Waals surface area (Å²) in [5.74, 6) is 0.408. The van der Waals surface area contributed by atoms with Crippen LogP contribution in [0.5, 0.6) is 0 Å². The molecule has 2 N–H and O–H groups in total. The van der Waals surface area contributed by atoms with Crippen molar-refractivity contribution < 1.29 is 9.90 Å². The van der Waals surface area contributed by atoms with Crippen molar-refractivity contribution >= 4 is 5.91 Å². The lowest BCUT2D eigenvalue weighted by Crippen LogP contribution is -2.41. The summed E-state index contributed by atoms with van der Waals surface area (Å²) in [4.78, 5) is 18.5. The zero-order valence-corrected chi connectivity index (χ0v) is 11.6. The number of nitrogens with one attached hydrogen (secondary N) is 1. The molecule has 1 aliphatic rings. The predicted molar refractivity (Wildman–Crippen MR) is 76.1 cm³/mol. The van der Waals surface area contributed by atoms with Gasteiger partial charge in [0.15, 0.2) is 6.10 Å². The van der Waals surface area contributed by atoms with E-state index in [1.165, 1.54) is 6.33 Å². The molecule has 6 heteroatoms. The van der Waals surface area contributed by atoms with Crippen LogP contribution in [0.15, 0.2) is 36.7 Å². The van der Waals surface area contributed by atoms with Crippen LogP contribution in [0.2, 0.25) is 0 Å². The fourth-order valence-electron chi connectivity index (χ4n) is 2.79. The molecule has 3 rings (SSSR count). The molecule has 1 fully saturated rings. The molecule has 0 radical (unpaired) electrons. The van der Waals surface area contributed by atoms with Gasteiger partial charge in [-0.1, -0.05) is 30.3 Å². The van der Waals surface area contributed by atoms with Crippen LogP contribution in [-0.2, 0) is 4.79 Å². The number of carbonyl (C=O) groups excluding carboxylic acids is 1. The summed E-state index contributed by atoms with van der Waals surface area (Å²) >= 11 is 0. The zero-order valence-electron chi connectivity index (χ0n) is 11.6. The minimum absolute atomic E-state index is 0.132. The van der Waals surface area contributed by atoms with Crippen molar-refractivity contribution in [1.82, 2.24) is 20.1 Å². The molecule has 0 bridgehead atoms. The molecule has 0 aliphatic carbocycles. The van der Waals surface area contributed by atoms with Crippen LogP contribution in [0.3, 0.4) is 0 Å². The van der Waals surface area contributed by atoms with E-state index in [1.807, 2.05) is 18.2 Å². The van der Waals surface area contributed by atoms with Crippen LogP contribution in [0, 0.1) is 0 Å². The molecule has 1 amide bonds. The maximum absolute atomic E-state index is 12.6. The summed E-state index contributed by atoms with van der Waals surface area (Å²) in [5, 5.41) is 17.0. The summed E-state index contributed by atoms with van der Waals surface area (Å²) in [6.45, 7) is 0.633. The number of aliphatic hydroxyl groups is 1. The Morgan fingerprint density at radius 3 is 2.86 bits per heavy atom. The topological polar surface area (TPSA) is 82.1 Å². The van der Waals surface area contributed by atoms with Gasteiger partial charge >= 0.3 is 0 Å². The Labute approximate surface area is 122 Å². The van der Waals surface area contributed by atoms with Crippen molar-refractivity contribution in [1.29, 1.82) is 0 Å². The van der Waals surface area contributed by atoms with E-state index in [2.05, 4.69) is 15.2 Å². The Hall–Kier alpha value is -2.21. The number of rotatable bonds is 3. The number of aromatic nitrogens is 3. The van der Waals surface area contributed by atoms with Gasteiger partial charge in [-0.2, -0.15) is 5.10 Å². The minimum atomic E-state index is -1.13. The molecular weight excluding hydrogens is 268 g/mol. The maximum atomic E-state index is 12.6. The third kappa shape index (κ3) is 2.80. The summed E-state index contributed by atoms with van der Waals surface area (Å²) in [6.07, 6.45) is 3.13. The van der Waals surface area contributed by atoms with Gasteiger partial charge in [0, 0.05) is 6.54 Å². The number of piperidine rings is 1. The number of carbonyl (C=O) groups is 1. The summed E-state index contributed by atoms with van der Waals surface area (Å²) in [7, 11) is 0. The molecule has 110 valence electrons. The molecule has 0 spiro atoms. The first kappa shape index (κ1) is 13.8. The molecule has 1 aromatic heterocycles. The number of amides is 1. The molecule has 2 aromatic rings. The van der Waals surface area contributed by atoms with Gasteiger partial charge < -0.3 is 10.0 Å². The fourth-order valence-corrected chi connectivity index (χ4v) is 2.79. The number of aliphatic hydroxyl groups excluding tert-OH is 1. The highest BCUT2D eigenvalue weighted by Gasteiger charge is 2.33. The van der Waals surface area contributed by atoms with Crippen molar-refractivity contribution in [2.24, 2.45) is 0 Å². The third-order valence-electron chi connectivity index (χ3n) is 3.88. The van der Waals surface area contributed by atoms with Crippen molar-refractivity contribution in [3.8, 4) is 0 Å². The molecule has 0 saturated carbocycles. The van der Waals surface area contributed by atoms with Crippen LogP contribution in [0.25, 0.3) is 0 Å². The van der Waals surface area contributed by atoms with E-state index in [4.69, 9.17) is 0 Å². The molecule has 1 aliphatic heterocycles. The molecule has 1 saturated heterocycles. The first-order valence-electron chi connectivity index (χ1n) is 7.16. The first-order chi connectivity index (χ1) is 10.3. The number of nitrogens with zero attached hydrogens (tertiary/aromatic N) is 3. The second kappa shape index (κ2) is 6.05. The zero-order chi connectivity index (χ0) is 14.7. The van der Waals surface area contributed by atoms with E-state index < -0.39 is 6.10 Å². The summed E-state index contributed by atoms with van der Waals surface area (Å²) in [6, 6.07) is 8.88. The highest BCUT2D eigenvalue weighted by atomic mass is 16.3. The van der Waals surface area contributed by atoms with Gasteiger partial charge in [0.2, 0.25) is 0 Å². The normalized spacial score (nSPS) is 20.2. The van der Waals surface area contributed by atoms with Gasteiger partial charge in [0.25, 0.3) is 5.91 Å². The van der Waals surface area contributed by atoms with Crippen molar-refractivity contribution in [3.63, 3.8) is 0 Å². The van der Waals surface area contributed by atoms with E-state index in [0.29, 0.717) is 17.9 Å². The quantitative estimate of drug-likeness (QED) is 0.897. The molecule has 1 aromatic carbocycles. The van der Waals surface area contributed by atoms with E-state index in [1.54, 1.807) is 17.0 Å². The first-order valence-corrected chi connectivity index (χ1v) is 7.16. The van der Waals surface area contributed by atoms with E-state index in [-0.39, 0.29) is 11.9 Å². The average molecular weight is 286 g/mol. The third-order valence-corrected chi connectivity index (χ3v) is 3.88. The highest BCUT2D eigenvalue weighted by Crippen LogP contribution is 2.31. The number of benzene rings is 1. The highest BCUT2D eigenvalue weighted by molar-refractivity contribution is 5.82. The maximum Gasteiger partial charge on any atom is 0.256 e. The van der Waals surface area contributed by atoms with Crippen LogP contribution in [-0.4, -0.2) is 37.6 Å². The SMILES string of the molecule is O=C(C(O)c1ccccc1)N1CCCCC1c1ncn[nH]1. The van der Waals surface area contributed by atoms with Crippen LogP contribution in [0.1, 0.15) is 42.8 Å². The molecular formula is C15H18N4O2. The molecule has 2 unspecified atom stereocenters. The number of H-pyrrole nitrogens is 1. The fraction of sp³-hybridized carbons (Fsp3) is 0.400. The van der Waals surface area contributed by atoms with Gasteiger partial charge in [-0.3, -0.25) is 9.89 Å². The molecule has 2 atom stereocenters. The Bertz CT molecular complexity index is 585. The van der Waals surface area contributed by atoms with E-state index in [0.717, 1.165) is 19.3 Å². The number of aromatic amines is 1. The van der Waals surface area contributed by atoms with Crippen LogP contribution >= 0.6 is 0 Å². The smallest absolute Gasteiger partial charge is 0.256 e. The Kier molecular flexibility index (Phi) is 3.96. The Morgan fingerprint density at radius 1 is 1.33 bits per heavy atom. The summed E-state index contributed by atoms with van der Waals surface area (Å²) < 4.78 is 0. The number of hydrogen-bond donors (Lipinski definition) is 2. The van der Waals surface area contributed by atoms with Gasteiger partial charge in [-0.05, 0) is 24.8 Å². The van der Waals surface area contributed by atoms with E-state index >= 15 is 0 Å². The lowest BCUT2D eigenvalue weighted by atomic mass is 9.99. The minimum Gasteiger partial charge on any atom is -0.378 e. The monoisotopic (exact) mass is 286 g/mol. The van der Waals surface area contributed by atoms with Crippen LogP contribution in [0.4, 0.5) is 0 Å². The van der Waals surface area contributed by atoms with Gasteiger partial charge in [-0.25, -0.2) is 4.98 Å². The Balaban J connectivity index is 1.81. The van der Waals surface area contributed by atoms with E-state index in [9.17, 15) is 9.90 Å². The summed E-state index contributed by atoms with van der Waals surface area (Å²) in [5.41, 5.74) is 0.615. The van der Waals surface area contributed by atoms with Crippen LogP contribution < -0.4 is 0 Å². The Morgan fingerprint density at radius 2 is 2.14 bits per heavy atom. The second-order valence-electron chi connectivity index (χ2n) is 5.23. The lowest BCUT2D eigenvalue weighted by molar-refractivity contribution is -0.144. The lowest BCUT2D eigenvalue weighted by Gasteiger charge is -2.35. The molecule has 21 heavy (non-hydrogen) atoms. The standard InChI is InChI=1S/C15H18N4O2/c20-13(11-6-2-1-3-7-11)15(21)19-9-5-4-8-12(19)14-16-10-17-18-14/h1-3,6-7,10,12-13,20H,4-5,8-9H2,(H,16,17,18). The van der Waals surface area contributed by atoms with Crippen molar-refractivity contribution in [3.05, 3.63) is 48.0 Å². The average Bonchev–Trinajstić information content (AvgIpc) is 3.08. The van der Waals surface area contributed by atoms with Gasteiger partial charge in [0.1, 0.15) is 12.2 Å². The van der Waals surface area contributed by atoms with Gasteiger partial charge in [0.05, 0.1) is 6.04 Å². The number of likely N-dealkylation sites (tertiary alicyclic amines) is 1. The second-order valence-corrected chi connectivity index (χ2v) is 5.23. The molecule has 6 nitrogen and oxygen atoms in total. The molecule has 2 heterocycles. The largest absolute Gasteiger partial charge is 0.378 e. The number of hydrogen-bond acceptors (Lipinski definition) is 4. The van der Waals surface area contributed by atoms with Gasteiger partial charge in [-0.15, -0.1) is 0 Å². The van der Waals surface area contributed by atoms with Crippen molar-refractivity contribution in [2.75, 3.05) is 6.54 Å².